The van der Waals surface area contributed by atoms with Crippen LogP contribution in [-0.2, 0) is 9.59 Å². The van der Waals surface area contributed by atoms with Gasteiger partial charge in [-0.3, -0.25) is 9.59 Å². The van der Waals surface area contributed by atoms with E-state index in [0.717, 1.165) is 17.0 Å². The summed E-state index contributed by atoms with van der Waals surface area (Å²) in [5, 5.41) is 3.00. The fourth-order valence-electron chi connectivity index (χ4n) is 1.98. The molecule has 2 aromatic carbocycles. The SMILES string of the molecule is CC(=O)N(CC(=O)Nc1cccc(Cl)c1)c1ccc(F)cc1F. The van der Waals surface area contributed by atoms with Gasteiger partial charge in [0.2, 0.25) is 11.8 Å². The molecule has 0 spiro atoms. The summed E-state index contributed by atoms with van der Waals surface area (Å²) in [5.41, 5.74) is 0.283. The lowest BCUT2D eigenvalue weighted by Crippen LogP contribution is -2.37. The Hall–Kier alpha value is -2.47. The third-order valence-corrected chi connectivity index (χ3v) is 3.23. The lowest BCUT2D eigenvalue weighted by molar-refractivity contribution is -0.120. The van der Waals surface area contributed by atoms with Gasteiger partial charge in [-0.1, -0.05) is 17.7 Å². The van der Waals surface area contributed by atoms with E-state index in [-0.39, 0.29) is 5.69 Å². The summed E-state index contributed by atoms with van der Waals surface area (Å²) < 4.78 is 26.8. The molecule has 7 heteroatoms. The molecule has 2 rings (SSSR count). The molecular weight excluding hydrogens is 326 g/mol. The Balaban J connectivity index is 2.16. The van der Waals surface area contributed by atoms with Crippen molar-refractivity contribution in [2.75, 3.05) is 16.8 Å². The first-order valence-corrected chi connectivity index (χ1v) is 7.03. The van der Waals surface area contributed by atoms with E-state index in [4.69, 9.17) is 11.6 Å². The molecule has 0 aliphatic rings. The average molecular weight is 339 g/mol. The van der Waals surface area contributed by atoms with Gasteiger partial charge in [-0.2, -0.15) is 0 Å². The topological polar surface area (TPSA) is 49.4 Å². The third kappa shape index (κ3) is 4.50. The van der Waals surface area contributed by atoms with Crippen molar-refractivity contribution in [2.24, 2.45) is 0 Å². The van der Waals surface area contributed by atoms with Crippen LogP contribution in [0.2, 0.25) is 5.02 Å². The van der Waals surface area contributed by atoms with Crippen LogP contribution >= 0.6 is 11.6 Å². The van der Waals surface area contributed by atoms with Crippen molar-refractivity contribution in [1.82, 2.24) is 0 Å². The molecule has 2 aromatic rings. The lowest BCUT2D eigenvalue weighted by atomic mass is 10.2. The summed E-state index contributed by atoms with van der Waals surface area (Å²) in [6, 6.07) is 9.24. The maximum absolute atomic E-state index is 13.8. The van der Waals surface area contributed by atoms with Crippen molar-refractivity contribution in [3.63, 3.8) is 0 Å². The van der Waals surface area contributed by atoms with Crippen molar-refractivity contribution in [1.29, 1.82) is 0 Å². The molecule has 2 amide bonds. The summed E-state index contributed by atoms with van der Waals surface area (Å²) in [6.07, 6.45) is 0. The van der Waals surface area contributed by atoms with E-state index in [1.165, 1.54) is 13.0 Å². The van der Waals surface area contributed by atoms with Crippen LogP contribution in [-0.4, -0.2) is 18.4 Å². The number of carbonyl (C=O) groups is 2. The van der Waals surface area contributed by atoms with E-state index in [1.807, 2.05) is 0 Å². The molecule has 0 atom stereocenters. The van der Waals surface area contributed by atoms with Gasteiger partial charge in [0.15, 0.2) is 0 Å². The highest BCUT2D eigenvalue weighted by molar-refractivity contribution is 6.30. The Kier molecular flexibility index (Phi) is 5.28. The molecule has 4 nitrogen and oxygen atoms in total. The number of anilines is 2. The quantitative estimate of drug-likeness (QED) is 0.925. The Morgan fingerprint density at radius 3 is 2.52 bits per heavy atom. The zero-order valence-corrected chi connectivity index (χ0v) is 12.9. The molecule has 0 saturated heterocycles. The maximum atomic E-state index is 13.8. The molecule has 0 heterocycles. The number of amides is 2. The predicted molar refractivity (Wildman–Crippen MR) is 84.5 cm³/mol. The number of benzene rings is 2. The van der Waals surface area contributed by atoms with Gasteiger partial charge in [0.25, 0.3) is 0 Å². The average Bonchev–Trinajstić information content (AvgIpc) is 2.45. The molecule has 0 bridgehead atoms. The Morgan fingerprint density at radius 1 is 1.17 bits per heavy atom. The van der Waals surface area contributed by atoms with Crippen molar-refractivity contribution >= 4 is 34.8 Å². The Morgan fingerprint density at radius 2 is 1.91 bits per heavy atom. The Labute approximate surface area is 136 Å². The van der Waals surface area contributed by atoms with Crippen molar-refractivity contribution in [2.45, 2.75) is 6.92 Å². The van der Waals surface area contributed by atoms with Crippen molar-refractivity contribution in [3.05, 3.63) is 59.1 Å². The van der Waals surface area contributed by atoms with Crippen molar-refractivity contribution < 1.29 is 18.4 Å². The van der Waals surface area contributed by atoms with E-state index >= 15 is 0 Å². The molecule has 0 aliphatic carbocycles. The molecular formula is C16H13ClF2N2O2. The number of rotatable bonds is 4. The summed E-state index contributed by atoms with van der Waals surface area (Å²) in [7, 11) is 0. The molecule has 0 unspecified atom stereocenters. The minimum Gasteiger partial charge on any atom is -0.324 e. The zero-order valence-electron chi connectivity index (χ0n) is 12.1. The van der Waals surface area contributed by atoms with Crippen LogP contribution in [0.25, 0.3) is 0 Å². The summed E-state index contributed by atoms with van der Waals surface area (Å²) in [5.74, 6) is -2.77. The molecule has 0 saturated carbocycles. The highest BCUT2D eigenvalue weighted by atomic mass is 35.5. The van der Waals surface area contributed by atoms with Gasteiger partial charge in [0.1, 0.15) is 18.2 Å². The highest BCUT2D eigenvalue weighted by Crippen LogP contribution is 2.21. The lowest BCUT2D eigenvalue weighted by Gasteiger charge is -2.21. The summed E-state index contributed by atoms with van der Waals surface area (Å²) >= 11 is 5.82. The number of nitrogens with zero attached hydrogens (tertiary/aromatic N) is 1. The van der Waals surface area contributed by atoms with Gasteiger partial charge in [-0.25, -0.2) is 8.78 Å². The molecule has 0 aromatic heterocycles. The van der Waals surface area contributed by atoms with E-state index in [9.17, 15) is 18.4 Å². The Bertz CT molecular complexity index is 753. The normalized spacial score (nSPS) is 10.3. The largest absolute Gasteiger partial charge is 0.324 e. The molecule has 0 fully saturated rings. The second-order valence-electron chi connectivity index (χ2n) is 4.76. The maximum Gasteiger partial charge on any atom is 0.244 e. The molecule has 0 aliphatic heterocycles. The zero-order chi connectivity index (χ0) is 17.0. The monoisotopic (exact) mass is 338 g/mol. The van der Waals surface area contributed by atoms with Crippen LogP contribution in [0.3, 0.4) is 0 Å². The minimum atomic E-state index is -0.921. The first-order valence-electron chi connectivity index (χ1n) is 6.65. The van der Waals surface area contributed by atoms with E-state index < -0.39 is 30.0 Å². The highest BCUT2D eigenvalue weighted by Gasteiger charge is 2.19. The predicted octanol–water partition coefficient (Wildman–Crippen LogP) is 3.61. The van der Waals surface area contributed by atoms with Crippen LogP contribution < -0.4 is 10.2 Å². The molecule has 120 valence electrons. The summed E-state index contributed by atoms with van der Waals surface area (Å²) in [4.78, 5) is 24.7. The van der Waals surface area contributed by atoms with Crippen LogP contribution in [0, 0.1) is 11.6 Å². The molecule has 23 heavy (non-hydrogen) atoms. The van der Waals surface area contributed by atoms with Gasteiger partial charge in [0.05, 0.1) is 5.69 Å². The smallest absolute Gasteiger partial charge is 0.244 e. The fraction of sp³-hybridized carbons (Fsp3) is 0.125. The van der Waals surface area contributed by atoms with Crippen LogP contribution in [0.4, 0.5) is 20.2 Å². The first kappa shape index (κ1) is 16.9. The first-order chi connectivity index (χ1) is 10.9. The molecule has 1 N–H and O–H groups in total. The minimum absolute atomic E-state index is 0.167. The number of halogens is 3. The van der Waals surface area contributed by atoms with Gasteiger partial charge in [-0.15, -0.1) is 0 Å². The van der Waals surface area contributed by atoms with Crippen LogP contribution in [0.15, 0.2) is 42.5 Å². The fourth-order valence-corrected chi connectivity index (χ4v) is 2.17. The number of carbonyl (C=O) groups excluding carboxylic acids is 2. The second-order valence-corrected chi connectivity index (χ2v) is 5.20. The van der Waals surface area contributed by atoms with E-state index in [1.54, 1.807) is 18.2 Å². The number of hydrogen-bond acceptors (Lipinski definition) is 2. The van der Waals surface area contributed by atoms with Crippen LogP contribution in [0.5, 0.6) is 0 Å². The van der Waals surface area contributed by atoms with Gasteiger partial charge < -0.3 is 10.2 Å². The van der Waals surface area contributed by atoms with E-state index in [2.05, 4.69) is 5.32 Å². The third-order valence-electron chi connectivity index (χ3n) is 2.99. The van der Waals surface area contributed by atoms with Gasteiger partial charge in [-0.05, 0) is 30.3 Å². The summed E-state index contributed by atoms with van der Waals surface area (Å²) in [6.45, 7) is 0.778. The van der Waals surface area contributed by atoms with Crippen LogP contribution in [0.1, 0.15) is 6.92 Å². The van der Waals surface area contributed by atoms with Gasteiger partial charge in [0, 0.05) is 23.7 Å². The van der Waals surface area contributed by atoms with Crippen molar-refractivity contribution in [3.8, 4) is 0 Å². The number of nitrogens with one attached hydrogen (secondary N) is 1. The van der Waals surface area contributed by atoms with Gasteiger partial charge >= 0.3 is 0 Å². The second kappa shape index (κ2) is 7.19. The number of hydrogen-bond donors (Lipinski definition) is 1. The molecule has 0 radical (unpaired) electrons. The standard InChI is InChI=1S/C16H13ClF2N2O2/c1-10(22)21(15-6-5-12(18)8-14(15)19)9-16(23)20-13-4-2-3-11(17)7-13/h2-8H,9H2,1H3,(H,20,23). The van der Waals surface area contributed by atoms with E-state index in [0.29, 0.717) is 16.8 Å².